The van der Waals surface area contributed by atoms with Crippen LogP contribution in [0.5, 0.6) is 11.5 Å². The molecule has 2 aliphatic heterocycles. The van der Waals surface area contributed by atoms with Gasteiger partial charge in [-0.3, -0.25) is 9.59 Å². The van der Waals surface area contributed by atoms with Crippen molar-refractivity contribution in [3.8, 4) is 11.5 Å². The summed E-state index contributed by atoms with van der Waals surface area (Å²) in [7, 11) is 0. The SMILES string of the molecule is O=C(Cc1ccc2c(c1)OCCO2)N1CCN(C(=O)c2cc[nH]c2)CC1. The number of hydrogen-bond donors (Lipinski definition) is 1. The Bertz CT molecular complexity index is 795. The van der Waals surface area contributed by atoms with Gasteiger partial charge in [0.15, 0.2) is 11.5 Å². The number of amides is 2. The van der Waals surface area contributed by atoms with Crippen LogP contribution < -0.4 is 9.47 Å². The number of benzene rings is 1. The van der Waals surface area contributed by atoms with Crippen molar-refractivity contribution in [3.63, 3.8) is 0 Å². The maximum absolute atomic E-state index is 12.6. The summed E-state index contributed by atoms with van der Waals surface area (Å²) in [5.74, 6) is 1.49. The fourth-order valence-corrected chi connectivity index (χ4v) is 3.28. The Labute approximate surface area is 151 Å². The maximum Gasteiger partial charge on any atom is 0.255 e. The molecule has 2 aliphatic rings. The zero-order chi connectivity index (χ0) is 17.9. The molecule has 1 aromatic carbocycles. The summed E-state index contributed by atoms with van der Waals surface area (Å²) >= 11 is 0. The van der Waals surface area contributed by atoms with Crippen LogP contribution in [-0.4, -0.2) is 66.0 Å². The third-order valence-corrected chi connectivity index (χ3v) is 4.73. The number of hydrogen-bond acceptors (Lipinski definition) is 4. The molecule has 0 saturated carbocycles. The topological polar surface area (TPSA) is 74.9 Å². The van der Waals surface area contributed by atoms with Crippen LogP contribution in [0.3, 0.4) is 0 Å². The summed E-state index contributed by atoms with van der Waals surface area (Å²) in [5, 5.41) is 0. The Hall–Kier alpha value is -2.96. The van der Waals surface area contributed by atoms with Crippen molar-refractivity contribution >= 4 is 11.8 Å². The molecule has 3 heterocycles. The summed E-state index contributed by atoms with van der Waals surface area (Å²) in [4.78, 5) is 31.4. The highest BCUT2D eigenvalue weighted by molar-refractivity contribution is 5.94. The molecule has 0 atom stereocenters. The lowest BCUT2D eigenvalue weighted by Gasteiger charge is -2.34. The van der Waals surface area contributed by atoms with E-state index in [1.54, 1.807) is 23.4 Å². The minimum Gasteiger partial charge on any atom is -0.486 e. The molecule has 0 spiro atoms. The second-order valence-corrected chi connectivity index (χ2v) is 6.43. The summed E-state index contributed by atoms with van der Waals surface area (Å²) in [6, 6.07) is 7.39. The average Bonchev–Trinajstić information content (AvgIpc) is 3.22. The lowest BCUT2D eigenvalue weighted by atomic mass is 10.1. The monoisotopic (exact) mass is 355 g/mol. The molecule has 1 saturated heterocycles. The van der Waals surface area contributed by atoms with Crippen molar-refractivity contribution in [2.45, 2.75) is 6.42 Å². The minimum atomic E-state index is 0.00480. The van der Waals surface area contributed by atoms with Gasteiger partial charge in [0.1, 0.15) is 13.2 Å². The van der Waals surface area contributed by atoms with E-state index in [-0.39, 0.29) is 11.8 Å². The second-order valence-electron chi connectivity index (χ2n) is 6.43. The molecule has 7 nitrogen and oxygen atoms in total. The van der Waals surface area contributed by atoms with E-state index in [0.29, 0.717) is 57.1 Å². The molecular formula is C19H21N3O4. The quantitative estimate of drug-likeness (QED) is 0.901. The first-order valence-electron chi connectivity index (χ1n) is 8.79. The van der Waals surface area contributed by atoms with Gasteiger partial charge in [-0.25, -0.2) is 0 Å². The van der Waals surface area contributed by atoms with E-state index in [1.807, 2.05) is 23.1 Å². The zero-order valence-electron chi connectivity index (χ0n) is 14.4. The lowest BCUT2D eigenvalue weighted by molar-refractivity contribution is -0.131. The number of ether oxygens (including phenoxy) is 2. The van der Waals surface area contributed by atoms with Crippen LogP contribution in [0.25, 0.3) is 0 Å². The van der Waals surface area contributed by atoms with Gasteiger partial charge in [-0.15, -0.1) is 0 Å². The second kappa shape index (κ2) is 7.11. The average molecular weight is 355 g/mol. The molecule has 0 unspecified atom stereocenters. The predicted octanol–water partition coefficient (Wildman–Crippen LogP) is 1.31. The summed E-state index contributed by atoms with van der Waals surface area (Å²) in [5.41, 5.74) is 1.56. The molecule has 1 N–H and O–H groups in total. The van der Waals surface area contributed by atoms with Crippen LogP contribution in [0.2, 0.25) is 0 Å². The van der Waals surface area contributed by atoms with Crippen molar-refractivity contribution in [1.82, 2.24) is 14.8 Å². The van der Waals surface area contributed by atoms with E-state index in [1.165, 1.54) is 0 Å². The fourth-order valence-electron chi connectivity index (χ4n) is 3.28. The van der Waals surface area contributed by atoms with Gasteiger partial charge in [-0.2, -0.15) is 0 Å². The Kier molecular flexibility index (Phi) is 4.51. The van der Waals surface area contributed by atoms with Gasteiger partial charge in [-0.1, -0.05) is 6.07 Å². The highest BCUT2D eigenvalue weighted by Crippen LogP contribution is 2.31. The van der Waals surface area contributed by atoms with E-state index in [0.717, 1.165) is 11.3 Å². The van der Waals surface area contributed by atoms with E-state index in [4.69, 9.17) is 9.47 Å². The van der Waals surface area contributed by atoms with Crippen LogP contribution in [0.1, 0.15) is 15.9 Å². The number of nitrogens with one attached hydrogen (secondary N) is 1. The number of fused-ring (bicyclic) bond motifs is 1. The molecule has 0 bridgehead atoms. The molecule has 26 heavy (non-hydrogen) atoms. The number of H-pyrrole nitrogens is 1. The number of nitrogens with zero attached hydrogens (tertiary/aromatic N) is 2. The van der Waals surface area contributed by atoms with Gasteiger partial charge >= 0.3 is 0 Å². The Morgan fingerprint density at radius 2 is 1.69 bits per heavy atom. The smallest absolute Gasteiger partial charge is 0.255 e. The van der Waals surface area contributed by atoms with E-state index < -0.39 is 0 Å². The first-order chi connectivity index (χ1) is 12.7. The van der Waals surface area contributed by atoms with Gasteiger partial charge in [0.05, 0.1) is 12.0 Å². The van der Waals surface area contributed by atoms with Gasteiger partial charge in [0.2, 0.25) is 5.91 Å². The minimum absolute atomic E-state index is 0.00480. The molecular weight excluding hydrogens is 334 g/mol. The van der Waals surface area contributed by atoms with Crippen molar-refractivity contribution in [3.05, 3.63) is 47.8 Å². The highest BCUT2D eigenvalue weighted by atomic mass is 16.6. The lowest BCUT2D eigenvalue weighted by Crippen LogP contribution is -2.50. The summed E-state index contributed by atoms with van der Waals surface area (Å²) in [6.07, 6.45) is 3.75. The molecule has 2 aromatic rings. The van der Waals surface area contributed by atoms with Crippen LogP contribution in [0.15, 0.2) is 36.7 Å². The van der Waals surface area contributed by atoms with Crippen LogP contribution in [0, 0.1) is 0 Å². The maximum atomic E-state index is 12.6. The predicted molar refractivity (Wildman–Crippen MR) is 94.4 cm³/mol. The van der Waals surface area contributed by atoms with Crippen molar-refractivity contribution in [2.75, 3.05) is 39.4 Å². The molecule has 0 radical (unpaired) electrons. The van der Waals surface area contributed by atoms with Crippen molar-refractivity contribution in [2.24, 2.45) is 0 Å². The van der Waals surface area contributed by atoms with Crippen LogP contribution in [-0.2, 0) is 11.2 Å². The van der Waals surface area contributed by atoms with E-state index in [2.05, 4.69) is 4.98 Å². The van der Waals surface area contributed by atoms with Gasteiger partial charge in [0, 0.05) is 38.6 Å². The van der Waals surface area contributed by atoms with Gasteiger partial charge in [0.25, 0.3) is 5.91 Å². The van der Waals surface area contributed by atoms with Gasteiger partial charge < -0.3 is 24.3 Å². The Balaban J connectivity index is 1.33. The van der Waals surface area contributed by atoms with Gasteiger partial charge in [-0.05, 0) is 23.8 Å². The molecule has 4 rings (SSSR count). The normalized spacial score (nSPS) is 16.5. The Morgan fingerprint density at radius 1 is 0.962 bits per heavy atom. The zero-order valence-corrected chi connectivity index (χ0v) is 14.4. The van der Waals surface area contributed by atoms with E-state index >= 15 is 0 Å². The molecule has 1 fully saturated rings. The Morgan fingerprint density at radius 3 is 2.42 bits per heavy atom. The molecule has 136 valence electrons. The fraction of sp³-hybridized carbons (Fsp3) is 0.368. The largest absolute Gasteiger partial charge is 0.486 e. The number of carbonyl (C=O) groups excluding carboxylic acids is 2. The first-order valence-corrected chi connectivity index (χ1v) is 8.79. The highest BCUT2D eigenvalue weighted by Gasteiger charge is 2.25. The first kappa shape index (κ1) is 16.5. The van der Waals surface area contributed by atoms with E-state index in [9.17, 15) is 9.59 Å². The number of piperazine rings is 1. The van der Waals surface area contributed by atoms with Crippen molar-refractivity contribution in [1.29, 1.82) is 0 Å². The third kappa shape index (κ3) is 3.37. The molecule has 7 heteroatoms. The third-order valence-electron chi connectivity index (χ3n) is 4.73. The van der Waals surface area contributed by atoms with Crippen LogP contribution >= 0.6 is 0 Å². The van der Waals surface area contributed by atoms with Crippen LogP contribution in [0.4, 0.5) is 0 Å². The number of carbonyl (C=O) groups is 2. The molecule has 2 amide bonds. The molecule has 1 aromatic heterocycles. The summed E-state index contributed by atoms with van der Waals surface area (Å²) < 4.78 is 11.1. The number of rotatable bonds is 3. The standard InChI is InChI=1S/C19H21N3O4/c23-18(12-14-1-2-16-17(11-14)26-10-9-25-16)21-5-7-22(8-6-21)19(24)15-3-4-20-13-15/h1-4,11,13,20H,5-10,12H2. The van der Waals surface area contributed by atoms with Crippen molar-refractivity contribution < 1.29 is 19.1 Å². The number of aromatic nitrogens is 1. The summed E-state index contributed by atoms with van der Waals surface area (Å²) in [6.45, 7) is 3.30. The number of aromatic amines is 1. The molecule has 0 aliphatic carbocycles.